The maximum Gasteiger partial charge on any atom is 0.326 e. The molecule has 1 aromatic rings. The number of hydrogen-bond acceptors (Lipinski definition) is 3. The third-order valence-electron chi connectivity index (χ3n) is 3.59. The topological polar surface area (TPSA) is 77.8 Å². The van der Waals surface area contributed by atoms with Gasteiger partial charge in [-0.15, -0.1) is 0 Å². The Morgan fingerprint density at radius 3 is 2.80 bits per heavy atom. The zero-order valence-corrected chi connectivity index (χ0v) is 11.5. The summed E-state index contributed by atoms with van der Waals surface area (Å²) in [5, 5.41) is 18.6. The molecule has 0 bridgehead atoms. The lowest BCUT2D eigenvalue weighted by molar-refractivity contribution is -0.148. The minimum absolute atomic E-state index is 0.115. The number of carbonyl (C=O) groups is 2. The second-order valence-electron chi connectivity index (χ2n) is 5.28. The van der Waals surface area contributed by atoms with Crippen molar-refractivity contribution in [1.82, 2.24) is 4.90 Å². The van der Waals surface area contributed by atoms with Gasteiger partial charge in [0.05, 0.1) is 6.10 Å². The van der Waals surface area contributed by atoms with E-state index in [0.717, 1.165) is 11.1 Å². The van der Waals surface area contributed by atoms with E-state index in [1.54, 1.807) is 0 Å². The summed E-state index contributed by atoms with van der Waals surface area (Å²) in [5.74, 6) is -1.26. The van der Waals surface area contributed by atoms with Crippen LogP contribution in [0.3, 0.4) is 0 Å². The number of aliphatic hydroxyl groups is 1. The van der Waals surface area contributed by atoms with Crippen LogP contribution in [0.4, 0.5) is 0 Å². The zero-order valence-electron chi connectivity index (χ0n) is 11.5. The Bertz CT molecular complexity index is 514. The molecule has 0 unspecified atom stereocenters. The average molecular weight is 277 g/mol. The van der Waals surface area contributed by atoms with Gasteiger partial charge in [-0.1, -0.05) is 29.8 Å². The van der Waals surface area contributed by atoms with E-state index in [4.69, 9.17) is 5.11 Å². The smallest absolute Gasteiger partial charge is 0.326 e. The number of likely N-dealkylation sites (tertiary alicyclic amines) is 1. The quantitative estimate of drug-likeness (QED) is 0.859. The lowest BCUT2D eigenvalue weighted by Crippen LogP contribution is -2.40. The Morgan fingerprint density at radius 2 is 2.15 bits per heavy atom. The SMILES string of the molecule is Cc1cccc(CCC(=O)N2C[C@@H](O)C[C@H]2C(=O)O)c1. The molecule has 2 rings (SSSR count). The van der Waals surface area contributed by atoms with Gasteiger partial charge in [-0.3, -0.25) is 4.79 Å². The van der Waals surface area contributed by atoms with Crippen LogP contribution in [0.5, 0.6) is 0 Å². The van der Waals surface area contributed by atoms with Crippen molar-refractivity contribution in [3.8, 4) is 0 Å². The van der Waals surface area contributed by atoms with Crippen LogP contribution in [-0.4, -0.2) is 45.7 Å². The Hall–Kier alpha value is -1.88. The van der Waals surface area contributed by atoms with Gasteiger partial charge >= 0.3 is 5.97 Å². The van der Waals surface area contributed by atoms with Gasteiger partial charge in [-0.2, -0.15) is 0 Å². The predicted molar refractivity (Wildman–Crippen MR) is 73.3 cm³/mol. The summed E-state index contributed by atoms with van der Waals surface area (Å²) in [4.78, 5) is 24.5. The molecule has 2 N–H and O–H groups in total. The van der Waals surface area contributed by atoms with E-state index in [1.807, 2.05) is 31.2 Å². The van der Waals surface area contributed by atoms with Crippen molar-refractivity contribution in [3.05, 3.63) is 35.4 Å². The summed E-state index contributed by atoms with van der Waals surface area (Å²) >= 11 is 0. The first-order valence-electron chi connectivity index (χ1n) is 6.73. The van der Waals surface area contributed by atoms with Gasteiger partial charge in [0.15, 0.2) is 0 Å². The summed E-state index contributed by atoms with van der Waals surface area (Å²) in [6, 6.07) is 7.00. The van der Waals surface area contributed by atoms with Gasteiger partial charge in [-0.25, -0.2) is 4.79 Å². The number of carbonyl (C=O) groups excluding carboxylic acids is 1. The minimum Gasteiger partial charge on any atom is -0.480 e. The maximum absolute atomic E-state index is 12.1. The van der Waals surface area contributed by atoms with Gasteiger partial charge in [-0.05, 0) is 18.9 Å². The molecule has 2 atom stereocenters. The number of hydrogen-bond donors (Lipinski definition) is 2. The van der Waals surface area contributed by atoms with E-state index in [1.165, 1.54) is 4.90 Å². The molecule has 108 valence electrons. The van der Waals surface area contributed by atoms with Crippen LogP contribution in [-0.2, 0) is 16.0 Å². The van der Waals surface area contributed by atoms with Crippen LogP contribution < -0.4 is 0 Å². The van der Waals surface area contributed by atoms with Crippen LogP contribution >= 0.6 is 0 Å². The predicted octanol–water partition coefficient (Wildman–Crippen LogP) is 0.974. The van der Waals surface area contributed by atoms with Gasteiger partial charge in [0.2, 0.25) is 5.91 Å². The van der Waals surface area contributed by atoms with Crippen molar-refractivity contribution in [2.45, 2.75) is 38.3 Å². The number of amides is 1. The molecule has 1 saturated heterocycles. The summed E-state index contributed by atoms with van der Waals surface area (Å²) in [7, 11) is 0. The first-order valence-corrected chi connectivity index (χ1v) is 6.73. The average Bonchev–Trinajstić information content (AvgIpc) is 2.78. The van der Waals surface area contributed by atoms with Crippen LogP contribution in [0, 0.1) is 6.92 Å². The van der Waals surface area contributed by atoms with E-state index in [-0.39, 0.29) is 25.3 Å². The third-order valence-corrected chi connectivity index (χ3v) is 3.59. The molecule has 0 radical (unpaired) electrons. The van der Waals surface area contributed by atoms with Crippen molar-refractivity contribution in [2.75, 3.05) is 6.54 Å². The number of nitrogens with zero attached hydrogens (tertiary/aromatic N) is 1. The molecule has 1 aliphatic heterocycles. The molecule has 1 fully saturated rings. The van der Waals surface area contributed by atoms with Crippen molar-refractivity contribution >= 4 is 11.9 Å². The normalized spacial score (nSPS) is 22.0. The van der Waals surface area contributed by atoms with Gasteiger partial charge in [0, 0.05) is 19.4 Å². The highest BCUT2D eigenvalue weighted by atomic mass is 16.4. The largest absolute Gasteiger partial charge is 0.480 e. The second-order valence-corrected chi connectivity index (χ2v) is 5.28. The highest BCUT2D eigenvalue weighted by Gasteiger charge is 2.38. The summed E-state index contributed by atoms with van der Waals surface area (Å²) in [6.45, 7) is 2.10. The number of carboxylic acids is 1. The first kappa shape index (κ1) is 14.5. The maximum atomic E-state index is 12.1. The second kappa shape index (κ2) is 6.05. The van der Waals surface area contributed by atoms with Crippen molar-refractivity contribution in [1.29, 1.82) is 0 Å². The molecule has 0 spiro atoms. The number of aliphatic carboxylic acids is 1. The number of β-amino-alcohol motifs (C(OH)–C–C–N with tert-alkyl or cyclic N) is 1. The summed E-state index contributed by atoms with van der Waals surface area (Å²) in [5.41, 5.74) is 2.19. The van der Waals surface area contributed by atoms with Gasteiger partial charge in [0.25, 0.3) is 0 Å². The standard InChI is InChI=1S/C15H19NO4/c1-10-3-2-4-11(7-10)5-6-14(18)16-9-12(17)8-13(16)15(19)20/h2-4,7,12-13,17H,5-6,8-9H2,1H3,(H,19,20)/t12-,13-/m0/s1. The fraction of sp³-hybridized carbons (Fsp3) is 0.467. The Balaban J connectivity index is 1.96. The Morgan fingerprint density at radius 1 is 1.40 bits per heavy atom. The molecule has 1 aliphatic rings. The Labute approximate surface area is 117 Å². The highest BCUT2D eigenvalue weighted by Crippen LogP contribution is 2.20. The van der Waals surface area contributed by atoms with Crippen molar-refractivity contribution < 1.29 is 19.8 Å². The van der Waals surface area contributed by atoms with E-state index in [0.29, 0.717) is 6.42 Å². The number of benzene rings is 1. The lowest BCUT2D eigenvalue weighted by Gasteiger charge is -2.21. The van der Waals surface area contributed by atoms with E-state index >= 15 is 0 Å². The molecule has 0 saturated carbocycles. The number of rotatable bonds is 4. The third kappa shape index (κ3) is 3.36. The van der Waals surface area contributed by atoms with E-state index in [2.05, 4.69) is 0 Å². The molecule has 1 heterocycles. The summed E-state index contributed by atoms with van der Waals surface area (Å²) < 4.78 is 0. The van der Waals surface area contributed by atoms with Crippen LogP contribution in [0.1, 0.15) is 24.0 Å². The lowest BCUT2D eigenvalue weighted by atomic mass is 10.1. The highest BCUT2D eigenvalue weighted by molar-refractivity contribution is 5.84. The molecule has 0 aliphatic carbocycles. The molecule has 1 amide bonds. The first-order chi connectivity index (χ1) is 9.47. The van der Waals surface area contributed by atoms with E-state index < -0.39 is 18.1 Å². The van der Waals surface area contributed by atoms with Gasteiger partial charge < -0.3 is 15.1 Å². The molecular formula is C15H19NO4. The van der Waals surface area contributed by atoms with Crippen LogP contribution in [0.2, 0.25) is 0 Å². The number of aliphatic hydroxyl groups excluding tert-OH is 1. The summed E-state index contributed by atoms with van der Waals surface area (Å²) in [6.07, 6.45) is 0.226. The molecule has 0 aromatic heterocycles. The van der Waals surface area contributed by atoms with Gasteiger partial charge in [0.1, 0.15) is 6.04 Å². The van der Waals surface area contributed by atoms with Crippen LogP contribution in [0.25, 0.3) is 0 Å². The van der Waals surface area contributed by atoms with Crippen molar-refractivity contribution in [2.24, 2.45) is 0 Å². The molecule has 5 nitrogen and oxygen atoms in total. The molecule has 1 aromatic carbocycles. The monoisotopic (exact) mass is 277 g/mol. The molecular weight excluding hydrogens is 258 g/mol. The van der Waals surface area contributed by atoms with E-state index in [9.17, 15) is 14.7 Å². The number of carboxylic acid groups (broad SMARTS) is 1. The van der Waals surface area contributed by atoms with Crippen LogP contribution in [0.15, 0.2) is 24.3 Å². The fourth-order valence-corrected chi connectivity index (χ4v) is 2.59. The Kier molecular flexibility index (Phi) is 4.39. The number of aryl methyl sites for hydroxylation is 2. The molecule has 5 heteroatoms. The van der Waals surface area contributed by atoms with Crippen molar-refractivity contribution in [3.63, 3.8) is 0 Å². The fourth-order valence-electron chi connectivity index (χ4n) is 2.59. The minimum atomic E-state index is -1.05. The molecule has 20 heavy (non-hydrogen) atoms. The zero-order chi connectivity index (χ0) is 14.7.